The molecule has 3 rings (SSSR count). The number of benzene rings is 1. The Labute approximate surface area is 175 Å². The highest BCUT2D eigenvalue weighted by molar-refractivity contribution is 5.76. The zero-order valence-corrected chi connectivity index (χ0v) is 17.3. The van der Waals surface area contributed by atoms with Crippen LogP contribution in [-0.2, 0) is 17.6 Å². The fraction of sp³-hybridized carbons (Fsp3) is 0.364. The van der Waals surface area contributed by atoms with Gasteiger partial charge in [0.25, 0.3) is 0 Å². The minimum atomic E-state index is -0.0605. The summed E-state index contributed by atoms with van der Waals surface area (Å²) >= 11 is 0. The standard InChI is InChI=1S/C22H26N4O4/c1-3-28-18-6-5-16(15-19(18)29-4-2)9-14-24-20(27)7-8-21-25-22(26-30-21)17-10-12-23-13-11-17/h5-6,10-13,15H,3-4,7-9,14H2,1-2H3,(H,24,27). The molecule has 0 aliphatic heterocycles. The lowest BCUT2D eigenvalue weighted by molar-refractivity contribution is -0.121. The fourth-order valence-electron chi connectivity index (χ4n) is 2.88. The first-order chi connectivity index (χ1) is 14.7. The predicted molar refractivity (Wildman–Crippen MR) is 111 cm³/mol. The molecule has 0 fully saturated rings. The van der Waals surface area contributed by atoms with Crippen molar-refractivity contribution in [1.82, 2.24) is 20.4 Å². The van der Waals surface area contributed by atoms with Gasteiger partial charge in [0, 0.05) is 37.3 Å². The van der Waals surface area contributed by atoms with E-state index < -0.39 is 0 Å². The molecule has 3 aromatic rings. The van der Waals surface area contributed by atoms with Gasteiger partial charge in [0.1, 0.15) is 0 Å². The molecule has 0 saturated carbocycles. The lowest BCUT2D eigenvalue weighted by Crippen LogP contribution is -2.25. The summed E-state index contributed by atoms with van der Waals surface area (Å²) in [5.74, 6) is 2.33. The van der Waals surface area contributed by atoms with Gasteiger partial charge in [-0.2, -0.15) is 4.98 Å². The molecule has 158 valence electrons. The van der Waals surface area contributed by atoms with Crippen molar-refractivity contribution < 1.29 is 18.8 Å². The number of hydrogen-bond acceptors (Lipinski definition) is 7. The number of carbonyl (C=O) groups is 1. The van der Waals surface area contributed by atoms with E-state index in [1.807, 2.05) is 32.0 Å². The monoisotopic (exact) mass is 410 g/mol. The zero-order chi connectivity index (χ0) is 21.2. The van der Waals surface area contributed by atoms with E-state index in [9.17, 15) is 4.79 Å². The maximum absolute atomic E-state index is 12.1. The minimum Gasteiger partial charge on any atom is -0.490 e. The van der Waals surface area contributed by atoms with Gasteiger partial charge in [-0.25, -0.2) is 0 Å². The molecule has 0 atom stereocenters. The van der Waals surface area contributed by atoms with Crippen molar-refractivity contribution >= 4 is 5.91 Å². The molecule has 1 amide bonds. The Bertz CT molecular complexity index is 943. The number of amides is 1. The Morgan fingerprint density at radius 2 is 1.80 bits per heavy atom. The van der Waals surface area contributed by atoms with Gasteiger partial charge in [0.15, 0.2) is 11.5 Å². The number of hydrogen-bond donors (Lipinski definition) is 1. The molecule has 0 unspecified atom stereocenters. The second-order valence-corrected chi connectivity index (χ2v) is 6.49. The van der Waals surface area contributed by atoms with E-state index in [0.717, 1.165) is 22.6 Å². The summed E-state index contributed by atoms with van der Waals surface area (Å²) in [7, 11) is 0. The average molecular weight is 410 g/mol. The lowest BCUT2D eigenvalue weighted by Gasteiger charge is -2.12. The zero-order valence-electron chi connectivity index (χ0n) is 17.3. The van der Waals surface area contributed by atoms with Crippen LogP contribution in [-0.4, -0.2) is 40.8 Å². The molecule has 0 aliphatic carbocycles. The lowest BCUT2D eigenvalue weighted by atomic mass is 10.1. The van der Waals surface area contributed by atoms with Crippen molar-refractivity contribution in [2.75, 3.05) is 19.8 Å². The third kappa shape index (κ3) is 6.04. The van der Waals surface area contributed by atoms with Crippen LogP contribution in [0.3, 0.4) is 0 Å². The quantitative estimate of drug-likeness (QED) is 0.518. The van der Waals surface area contributed by atoms with Crippen LogP contribution >= 0.6 is 0 Å². The Kier molecular flexibility index (Phi) is 7.77. The second kappa shape index (κ2) is 10.9. The van der Waals surface area contributed by atoms with Crippen molar-refractivity contribution in [1.29, 1.82) is 0 Å². The highest BCUT2D eigenvalue weighted by atomic mass is 16.5. The van der Waals surface area contributed by atoms with Gasteiger partial charge < -0.3 is 19.3 Å². The third-order valence-corrected chi connectivity index (χ3v) is 4.32. The van der Waals surface area contributed by atoms with Crippen LogP contribution in [0.4, 0.5) is 0 Å². The van der Waals surface area contributed by atoms with Crippen LogP contribution in [0, 0.1) is 0 Å². The molecular weight excluding hydrogens is 384 g/mol. The molecule has 0 bridgehead atoms. The van der Waals surface area contributed by atoms with Crippen LogP contribution in [0.15, 0.2) is 47.2 Å². The second-order valence-electron chi connectivity index (χ2n) is 6.49. The smallest absolute Gasteiger partial charge is 0.227 e. The Morgan fingerprint density at radius 3 is 2.57 bits per heavy atom. The summed E-state index contributed by atoms with van der Waals surface area (Å²) in [5, 5.41) is 6.86. The molecular formula is C22H26N4O4. The van der Waals surface area contributed by atoms with Crippen molar-refractivity contribution in [3.63, 3.8) is 0 Å². The summed E-state index contributed by atoms with van der Waals surface area (Å²) in [6.07, 6.45) is 4.71. The molecule has 0 radical (unpaired) electrons. The number of pyridine rings is 1. The van der Waals surface area contributed by atoms with Gasteiger partial charge >= 0.3 is 0 Å². The number of nitrogens with zero attached hydrogens (tertiary/aromatic N) is 3. The Hall–Kier alpha value is -3.42. The molecule has 1 aromatic carbocycles. The van der Waals surface area contributed by atoms with Crippen LogP contribution in [0.5, 0.6) is 11.5 Å². The third-order valence-electron chi connectivity index (χ3n) is 4.32. The van der Waals surface area contributed by atoms with Gasteiger partial charge in [-0.1, -0.05) is 11.2 Å². The number of ether oxygens (including phenoxy) is 2. The Morgan fingerprint density at radius 1 is 1.03 bits per heavy atom. The van der Waals surface area contributed by atoms with Gasteiger partial charge in [-0.15, -0.1) is 0 Å². The van der Waals surface area contributed by atoms with E-state index in [1.54, 1.807) is 24.5 Å². The van der Waals surface area contributed by atoms with Crippen LogP contribution in [0.2, 0.25) is 0 Å². The van der Waals surface area contributed by atoms with Crippen LogP contribution in [0.1, 0.15) is 31.7 Å². The minimum absolute atomic E-state index is 0.0605. The summed E-state index contributed by atoms with van der Waals surface area (Å²) in [6, 6.07) is 9.46. The van der Waals surface area contributed by atoms with E-state index in [0.29, 0.717) is 44.3 Å². The highest BCUT2D eigenvalue weighted by Gasteiger charge is 2.11. The fourth-order valence-corrected chi connectivity index (χ4v) is 2.88. The van der Waals surface area contributed by atoms with Crippen molar-refractivity contribution in [2.24, 2.45) is 0 Å². The molecule has 0 aliphatic rings. The maximum Gasteiger partial charge on any atom is 0.227 e. The molecule has 8 heteroatoms. The van der Waals surface area contributed by atoms with E-state index in [4.69, 9.17) is 14.0 Å². The highest BCUT2D eigenvalue weighted by Crippen LogP contribution is 2.28. The number of aryl methyl sites for hydroxylation is 1. The first-order valence-corrected chi connectivity index (χ1v) is 10.1. The van der Waals surface area contributed by atoms with E-state index in [2.05, 4.69) is 20.4 Å². The molecule has 2 aromatic heterocycles. The van der Waals surface area contributed by atoms with Crippen molar-refractivity contribution in [3.8, 4) is 22.9 Å². The van der Waals surface area contributed by atoms with E-state index in [-0.39, 0.29) is 12.3 Å². The molecule has 0 saturated heterocycles. The topological polar surface area (TPSA) is 99.4 Å². The molecule has 1 N–H and O–H groups in total. The normalized spacial score (nSPS) is 10.6. The number of nitrogens with one attached hydrogen (secondary N) is 1. The summed E-state index contributed by atoms with van der Waals surface area (Å²) in [4.78, 5) is 20.4. The average Bonchev–Trinajstić information content (AvgIpc) is 3.24. The van der Waals surface area contributed by atoms with Gasteiger partial charge in [0.2, 0.25) is 17.6 Å². The SMILES string of the molecule is CCOc1ccc(CCNC(=O)CCc2nc(-c3ccncc3)no2)cc1OCC. The van der Waals surface area contributed by atoms with Crippen LogP contribution in [0.25, 0.3) is 11.4 Å². The first kappa shape index (κ1) is 21.3. The van der Waals surface area contributed by atoms with E-state index >= 15 is 0 Å². The van der Waals surface area contributed by atoms with Crippen LogP contribution < -0.4 is 14.8 Å². The largest absolute Gasteiger partial charge is 0.490 e. The number of aromatic nitrogens is 3. The number of carbonyl (C=O) groups excluding carboxylic acids is 1. The predicted octanol–water partition coefficient (Wildman–Crippen LogP) is 3.22. The molecule has 8 nitrogen and oxygen atoms in total. The van der Waals surface area contributed by atoms with Crippen molar-refractivity contribution in [2.45, 2.75) is 33.1 Å². The summed E-state index contributed by atoms with van der Waals surface area (Å²) in [5.41, 5.74) is 1.90. The van der Waals surface area contributed by atoms with Gasteiger partial charge in [-0.05, 0) is 50.1 Å². The van der Waals surface area contributed by atoms with Gasteiger partial charge in [-0.3, -0.25) is 9.78 Å². The molecule has 0 spiro atoms. The maximum atomic E-state index is 12.1. The Balaban J connectivity index is 1.44. The van der Waals surface area contributed by atoms with E-state index in [1.165, 1.54) is 0 Å². The van der Waals surface area contributed by atoms with Gasteiger partial charge in [0.05, 0.1) is 13.2 Å². The van der Waals surface area contributed by atoms with Crippen molar-refractivity contribution in [3.05, 3.63) is 54.2 Å². The first-order valence-electron chi connectivity index (χ1n) is 10.1. The summed E-state index contributed by atoms with van der Waals surface area (Å²) < 4.78 is 16.4. The summed E-state index contributed by atoms with van der Waals surface area (Å²) in [6.45, 7) is 5.56. The molecule has 30 heavy (non-hydrogen) atoms. The number of rotatable bonds is 11. The molecule has 2 heterocycles.